The maximum atomic E-state index is 11.8. The zero-order chi connectivity index (χ0) is 15.8. The molecular formula is C15H14N4O3. The molecule has 0 atom stereocenters. The Balaban J connectivity index is 1.94. The van der Waals surface area contributed by atoms with Crippen LogP contribution < -0.4 is 10.2 Å². The van der Waals surface area contributed by atoms with Crippen molar-refractivity contribution >= 4 is 18.3 Å². The number of rotatable bonds is 5. The molecule has 22 heavy (non-hydrogen) atoms. The lowest BCUT2D eigenvalue weighted by molar-refractivity contribution is 0.0955. The molecule has 0 radical (unpaired) electrons. The third-order valence-corrected chi connectivity index (χ3v) is 2.73. The number of aromatic nitrogens is 1. The molecule has 0 fully saturated rings. The Morgan fingerprint density at radius 2 is 2.00 bits per heavy atom. The van der Waals surface area contributed by atoms with E-state index < -0.39 is 0 Å². The van der Waals surface area contributed by atoms with Crippen molar-refractivity contribution in [3.05, 3.63) is 59.4 Å². The highest BCUT2D eigenvalue weighted by molar-refractivity contribution is 5.95. The van der Waals surface area contributed by atoms with Crippen molar-refractivity contribution < 1.29 is 14.7 Å². The van der Waals surface area contributed by atoms with Gasteiger partial charge in [0.1, 0.15) is 5.75 Å². The molecule has 112 valence electrons. The number of pyridine rings is 1. The lowest BCUT2D eigenvalue weighted by Crippen LogP contribution is -2.17. The fourth-order valence-electron chi connectivity index (χ4n) is 1.60. The van der Waals surface area contributed by atoms with Crippen LogP contribution in [0.25, 0.3) is 0 Å². The van der Waals surface area contributed by atoms with E-state index in [0.29, 0.717) is 11.3 Å². The van der Waals surface area contributed by atoms with Crippen LogP contribution in [0, 0.1) is 0 Å². The number of nitrogens with zero attached hydrogens (tertiary/aromatic N) is 3. The Kier molecular flexibility index (Phi) is 5.20. The zero-order valence-corrected chi connectivity index (χ0v) is 11.8. The largest absolute Gasteiger partial charge is 0.497 e. The Hall–Kier alpha value is -3.22. The molecule has 2 N–H and O–H groups in total. The Morgan fingerprint density at radius 3 is 2.59 bits per heavy atom. The first kappa shape index (κ1) is 15.2. The topological polar surface area (TPSA) is 96.2 Å². The molecule has 1 amide bonds. The summed E-state index contributed by atoms with van der Waals surface area (Å²) in [6.07, 6.45) is 4.07. The van der Waals surface area contributed by atoms with Gasteiger partial charge in [-0.2, -0.15) is 5.10 Å². The molecule has 1 aromatic heterocycles. The summed E-state index contributed by atoms with van der Waals surface area (Å²) in [6, 6.07) is 10.4. The molecule has 2 aromatic rings. The first-order chi connectivity index (χ1) is 10.7. The second-order valence-corrected chi connectivity index (χ2v) is 4.19. The van der Waals surface area contributed by atoms with Crippen LogP contribution in [0.3, 0.4) is 0 Å². The standard InChI is InChI=1S/C15H14N4O3/c1-22-14-6-2-11(3-7-14)8-17-19-15(20)12-4-5-13(10-18-21)16-9-12/h2-10,21H,1H3,(H,19,20)/b17-8-,18-10-. The minimum Gasteiger partial charge on any atom is -0.497 e. The first-order valence-corrected chi connectivity index (χ1v) is 6.34. The van der Waals surface area contributed by atoms with Gasteiger partial charge in [-0.05, 0) is 42.0 Å². The predicted molar refractivity (Wildman–Crippen MR) is 81.7 cm³/mol. The van der Waals surface area contributed by atoms with Crippen molar-refractivity contribution in [1.29, 1.82) is 0 Å². The normalized spacial score (nSPS) is 11.0. The summed E-state index contributed by atoms with van der Waals surface area (Å²) in [4.78, 5) is 15.8. The number of carbonyl (C=O) groups excluding carboxylic acids is 1. The van der Waals surface area contributed by atoms with Crippen molar-refractivity contribution in [2.75, 3.05) is 7.11 Å². The number of amides is 1. The molecule has 0 saturated carbocycles. The van der Waals surface area contributed by atoms with Crippen LogP contribution in [0.15, 0.2) is 52.9 Å². The molecule has 7 heteroatoms. The summed E-state index contributed by atoms with van der Waals surface area (Å²) in [5.41, 5.74) is 4.03. The molecule has 7 nitrogen and oxygen atoms in total. The summed E-state index contributed by atoms with van der Waals surface area (Å²) >= 11 is 0. The Morgan fingerprint density at radius 1 is 1.23 bits per heavy atom. The van der Waals surface area contributed by atoms with Crippen molar-refractivity contribution in [2.24, 2.45) is 10.3 Å². The molecule has 0 unspecified atom stereocenters. The van der Waals surface area contributed by atoms with E-state index in [1.807, 2.05) is 12.1 Å². The summed E-state index contributed by atoms with van der Waals surface area (Å²) in [6.45, 7) is 0. The van der Waals surface area contributed by atoms with Gasteiger partial charge in [0.05, 0.1) is 30.8 Å². The van der Waals surface area contributed by atoms with E-state index in [2.05, 4.69) is 20.7 Å². The van der Waals surface area contributed by atoms with Gasteiger partial charge in [-0.3, -0.25) is 9.78 Å². The maximum Gasteiger partial charge on any atom is 0.272 e. The van der Waals surface area contributed by atoms with Gasteiger partial charge in [-0.1, -0.05) is 5.16 Å². The molecule has 2 rings (SSSR count). The maximum absolute atomic E-state index is 11.8. The molecule has 0 saturated heterocycles. The van der Waals surface area contributed by atoms with E-state index in [9.17, 15) is 4.79 Å². The summed E-state index contributed by atoms with van der Waals surface area (Å²) in [7, 11) is 1.59. The van der Waals surface area contributed by atoms with Crippen LogP contribution in [0.5, 0.6) is 5.75 Å². The van der Waals surface area contributed by atoms with Gasteiger partial charge in [0.2, 0.25) is 0 Å². The van der Waals surface area contributed by atoms with Gasteiger partial charge in [-0.25, -0.2) is 5.43 Å². The second kappa shape index (κ2) is 7.53. The highest BCUT2D eigenvalue weighted by Gasteiger charge is 2.04. The van der Waals surface area contributed by atoms with Gasteiger partial charge >= 0.3 is 0 Å². The number of hydrogen-bond donors (Lipinski definition) is 2. The fourth-order valence-corrected chi connectivity index (χ4v) is 1.60. The predicted octanol–water partition coefficient (Wildman–Crippen LogP) is 1.66. The van der Waals surface area contributed by atoms with Crippen LogP contribution in [-0.2, 0) is 0 Å². The van der Waals surface area contributed by atoms with Crippen LogP contribution in [-0.4, -0.2) is 35.6 Å². The third kappa shape index (κ3) is 4.14. The SMILES string of the molecule is COc1ccc(/C=N\NC(=O)c2ccc(/C=N\O)nc2)cc1. The van der Waals surface area contributed by atoms with E-state index in [1.54, 1.807) is 31.4 Å². The number of oxime groups is 1. The van der Waals surface area contributed by atoms with Crippen LogP contribution >= 0.6 is 0 Å². The van der Waals surface area contributed by atoms with Crippen LogP contribution in [0.1, 0.15) is 21.6 Å². The van der Waals surface area contributed by atoms with E-state index in [0.717, 1.165) is 11.3 Å². The first-order valence-electron chi connectivity index (χ1n) is 6.34. The minimum atomic E-state index is -0.384. The quantitative estimate of drug-likeness (QED) is 0.498. The average molecular weight is 298 g/mol. The average Bonchev–Trinajstić information content (AvgIpc) is 2.56. The zero-order valence-electron chi connectivity index (χ0n) is 11.8. The highest BCUT2D eigenvalue weighted by atomic mass is 16.5. The molecule has 0 bridgehead atoms. The molecular weight excluding hydrogens is 284 g/mol. The number of hydrazone groups is 1. The number of benzene rings is 1. The Bertz CT molecular complexity index is 679. The van der Waals surface area contributed by atoms with Gasteiger partial charge in [0.25, 0.3) is 5.91 Å². The number of carbonyl (C=O) groups is 1. The third-order valence-electron chi connectivity index (χ3n) is 2.73. The fraction of sp³-hybridized carbons (Fsp3) is 0.0667. The summed E-state index contributed by atoms with van der Waals surface area (Å²) < 4.78 is 5.05. The minimum absolute atomic E-state index is 0.349. The molecule has 0 spiro atoms. The van der Waals surface area contributed by atoms with Crippen molar-refractivity contribution in [3.63, 3.8) is 0 Å². The highest BCUT2D eigenvalue weighted by Crippen LogP contribution is 2.09. The van der Waals surface area contributed by atoms with E-state index in [-0.39, 0.29) is 5.91 Å². The molecule has 0 aliphatic heterocycles. The van der Waals surface area contributed by atoms with E-state index in [1.165, 1.54) is 18.6 Å². The van der Waals surface area contributed by atoms with Gasteiger partial charge < -0.3 is 9.94 Å². The lowest BCUT2D eigenvalue weighted by atomic mass is 10.2. The lowest BCUT2D eigenvalue weighted by Gasteiger charge is -2.00. The molecule has 0 aliphatic rings. The summed E-state index contributed by atoms with van der Waals surface area (Å²) in [5, 5.41) is 15.1. The molecule has 1 heterocycles. The number of nitrogens with one attached hydrogen (secondary N) is 1. The molecule has 0 aliphatic carbocycles. The van der Waals surface area contributed by atoms with Gasteiger partial charge in [-0.15, -0.1) is 0 Å². The van der Waals surface area contributed by atoms with Gasteiger partial charge in [0.15, 0.2) is 0 Å². The molecule has 1 aromatic carbocycles. The van der Waals surface area contributed by atoms with Gasteiger partial charge in [0, 0.05) is 6.20 Å². The monoisotopic (exact) mass is 298 g/mol. The number of hydrogen-bond acceptors (Lipinski definition) is 6. The van der Waals surface area contributed by atoms with Crippen LogP contribution in [0.4, 0.5) is 0 Å². The Labute approximate surface area is 127 Å². The number of ether oxygens (including phenoxy) is 1. The van der Waals surface area contributed by atoms with Crippen molar-refractivity contribution in [3.8, 4) is 5.75 Å². The van der Waals surface area contributed by atoms with E-state index in [4.69, 9.17) is 9.94 Å². The van der Waals surface area contributed by atoms with Crippen LogP contribution in [0.2, 0.25) is 0 Å². The van der Waals surface area contributed by atoms with Crippen molar-refractivity contribution in [2.45, 2.75) is 0 Å². The van der Waals surface area contributed by atoms with E-state index >= 15 is 0 Å². The van der Waals surface area contributed by atoms with Crippen molar-refractivity contribution in [1.82, 2.24) is 10.4 Å². The second-order valence-electron chi connectivity index (χ2n) is 4.19. The number of methoxy groups -OCH3 is 1. The summed E-state index contributed by atoms with van der Waals surface area (Å²) in [5.74, 6) is 0.364. The smallest absolute Gasteiger partial charge is 0.272 e.